The maximum Gasteiger partial charge on any atom is 0.218 e. The average Bonchev–Trinajstić information content (AvgIpc) is 3.16. The summed E-state index contributed by atoms with van der Waals surface area (Å²) in [5, 5.41) is 8.83. The van der Waals surface area contributed by atoms with Crippen molar-refractivity contribution in [1.82, 2.24) is 14.9 Å². The van der Waals surface area contributed by atoms with Gasteiger partial charge < -0.3 is 10.3 Å². The molecule has 0 bridgehead atoms. The molecule has 0 amide bonds. The highest BCUT2D eigenvalue weighted by Gasteiger charge is 2.17. The minimum Gasteiger partial charge on any atom is -0.461 e. The van der Waals surface area contributed by atoms with Gasteiger partial charge in [0.1, 0.15) is 0 Å². The summed E-state index contributed by atoms with van der Waals surface area (Å²) in [7, 11) is 0. The van der Waals surface area contributed by atoms with Crippen LogP contribution < -0.4 is 5.84 Å². The Morgan fingerprint density at radius 2 is 2.04 bits per heavy atom. The van der Waals surface area contributed by atoms with Gasteiger partial charge in [-0.15, -0.1) is 10.2 Å². The van der Waals surface area contributed by atoms with Gasteiger partial charge in [0.2, 0.25) is 11.0 Å². The second-order valence-electron chi connectivity index (χ2n) is 5.99. The van der Waals surface area contributed by atoms with Gasteiger partial charge in [0.25, 0.3) is 0 Å². The number of ketones is 1. The number of carbonyl (C=O) groups excluding carboxylic acids is 1. The number of aromatic nitrogens is 3. The third-order valence-corrected chi connectivity index (χ3v) is 5.20. The number of furan rings is 1. The quantitative estimate of drug-likeness (QED) is 0.426. The normalized spacial score (nSPS) is 11.0. The molecule has 3 aromatic rings. The second kappa shape index (κ2) is 6.76. The van der Waals surface area contributed by atoms with Gasteiger partial charge in [-0.1, -0.05) is 17.8 Å². The van der Waals surface area contributed by atoms with Crippen molar-refractivity contribution in [2.75, 3.05) is 5.84 Å². The summed E-state index contributed by atoms with van der Waals surface area (Å²) >= 11 is 1.48. The van der Waals surface area contributed by atoms with Crippen LogP contribution in [0.1, 0.15) is 39.5 Å². The Morgan fingerprint density at radius 3 is 2.68 bits per heavy atom. The maximum absolute atomic E-state index is 11.9. The van der Waals surface area contributed by atoms with Crippen molar-refractivity contribution in [2.24, 2.45) is 0 Å². The summed E-state index contributed by atoms with van der Waals surface area (Å²) in [6, 6.07) is 5.62. The van der Waals surface area contributed by atoms with Crippen LogP contribution in [0.2, 0.25) is 0 Å². The lowest BCUT2D eigenvalue weighted by atomic mass is 9.92. The first-order valence-corrected chi connectivity index (χ1v) is 8.86. The summed E-state index contributed by atoms with van der Waals surface area (Å²) in [4.78, 5) is 11.9. The van der Waals surface area contributed by atoms with E-state index in [4.69, 9.17) is 10.3 Å². The van der Waals surface area contributed by atoms with Crippen LogP contribution in [-0.2, 0) is 5.75 Å². The van der Waals surface area contributed by atoms with Crippen molar-refractivity contribution in [1.29, 1.82) is 0 Å². The van der Waals surface area contributed by atoms with Crippen LogP contribution in [0.3, 0.4) is 0 Å². The topological polar surface area (TPSA) is 86.9 Å². The summed E-state index contributed by atoms with van der Waals surface area (Å²) in [5.74, 6) is 7.89. The van der Waals surface area contributed by atoms with Gasteiger partial charge >= 0.3 is 0 Å². The zero-order valence-electron chi connectivity index (χ0n) is 14.7. The van der Waals surface area contributed by atoms with Crippen molar-refractivity contribution in [3.05, 3.63) is 52.3 Å². The molecule has 0 unspecified atom stereocenters. The van der Waals surface area contributed by atoms with E-state index in [1.807, 2.05) is 13.8 Å². The molecule has 0 saturated carbocycles. The van der Waals surface area contributed by atoms with E-state index in [0.717, 1.165) is 27.8 Å². The molecule has 1 aromatic carbocycles. The average molecular weight is 356 g/mol. The lowest BCUT2D eigenvalue weighted by molar-refractivity contribution is 0.101. The van der Waals surface area contributed by atoms with Gasteiger partial charge in [0.05, 0.1) is 6.26 Å². The van der Waals surface area contributed by atoms with Gasteiger partial charge in [-0.2, -0.15) is 0 Å². The number of rotatable bonds is 5. The monoisotopic (exact) mass is 356 g/mol. The van der Waals surface area contributed by atoms with Crippen molar-refractivity contribution in [3.63, 3.8) is 0 Å². The molecule has 25 heavy (non-hydrogen) atoms. The van der Waals surface area contributed by atoms with Crippen molar-refractivity contribution in [2.45, 2.75) is 38.6 Å². The lowest BCUT2D eigenvalue weighted by Crippen LogP contribution is -2.11. The Kier molecular flexibility index (Phi) is 4.67. The summed E-state index contributed by atoms with van der Waals surface area (Å²) < 4.78 is 6.74. The van der Waals surface area contributed by atoms with Crippen LogP contribution in [0.4, 0.5) is 0 Å². The predicted octanol–water partition coefficient (Wildman–Crippen LogP) is 3.67. The maximum atomic E-state index is 11.9. The highest BCUT2D eigenvalue weighted by Crippen LogP contribution is 2.30. The van der Waals surface area contributed by atoms with Crippen molar-refractivity contribution in [3.8, 4) is 11.6 Å². The molecule has 7 heteroatoms. The number of hydrogen-bond donors (Lipinski definition) is 1. The molecular formula is C18H20N4O2S. The van der Waals surface area contributed by atoms with Gasteiger partial charge in [0, 0.05) is 11.3 Å². The fraction of sp³-hybridized carbons (Fsp3) is 0.278. The SMILES string of the molecule is CC(=O)c1c(C)cc(C)c(CSc2nnc(-c3ccco3)n2N)c1C. The van der Waals surface area contributed by atoms with E-state index in [1.165, 1.54) is 16.4 Å². The Balaban J connectivity index is 1.88. The van der Waals surface area contributed by atoms with Gasteiger partial charge in [0.15, 0.2) is 11.5 Å². The molecule has 0 spiro atoms. The van der Waals surface area contributed by atoms with Crippen LogP contribution in [0.15, 0.2) is 34.0 Å². The molecule has 0 fully saturated rings. The molecule has 6 nitrogen and oxygen atoms in total. The number of hydrogen-bond acceptors (Lipinski definition) is 6. The third kappa shape index (κ3) is 3.19. The minimum absolute atomic E-state index is 0.0864. The molecule has 2 heterocycles. The fourth-order valence-electron chi connectivity index (χ4n) is 3.08. The molecule has 0 saturated heterocycles. The number of Topliss-reactive ketones (excluding diaryl/α,β-unsaturated/α-hetero) is 1. The van der Waals surface area contributed by atoms with Gasteiger partial charge in [-0.3, -0.25) is 4.79 Å². The molecule has 2 aromatic heterocycles. The molecular weight excluding hydrogens is 336 g/mol. The van der Waals surface area contributed by atoms with Gasteiger partial charge in [-0.25, -0.2) is 4.68 Å². The Hall–Kier alpha value is -2.54. The second-order valence-corrected chi connectivity index (χ2v) is 6.93. The number of aryl methyl sites for hydroxylation is 2. The standard InChI is InChI=1S/C18H20N4O2S/c1-10-8-11(2)16(13(4)23)12(3)14(10)9-25-18-21-20-17(22(18)19)15-6-5-7-24-15/h5-8H,9,19H2,1-4H3. The first-order valence-electron chi connectivity index (χ1n) is 7.88. The van der Waals surface area contributed by atoms with Crippen LogP contribution >= 0.6 is 11.8 Å². The van der Waals surface area contributed by atoms with Crippen molar-refractivity contribution < 1.29 is 9.21 Å². The Labute approximate surface area is 150 Å². The molecule has 0 atom stereocenters. The number of nitrogens with zero attached hydrogens (tertiary/aromatic N) is 3. The van der Waals surface area contributed by atoms with Crippen LogP contribution in [0.25, 0.3) is 11.6 Å². The largest absolute Gasteiger partial charge is 0.461 e. The van der Waals surface area contributed by atoms with Crippen LogP contribution in [0.5, 0.6) is 0 Å². The van der Waals surface area contributed by atoms with E-state index in [0.29, 0.717) is 22.5 Å². The summed E-state index contributed by atoms with van der Waals surface area (Å²) in [5.41, 5.74) is 5.11. The van der Waals surface area contributed by atoms with E-state index in [1.54, 1.807) is 25.3 Å². The van der Waals surface area contributed by atoms with Crippen molar-refractivity contribution >= 4 is 17.5 Å². The number of thioether (sulfide) groups is 1. The van der Waals surface area contributed by atoms with E-state index < -0.39 is 0 Å². The first kappa shape index (κ1) is 17.3. The van der Waals surface area contributed by atoms with E-state index in [9.17, 15) is 4.79 Å². The lowest BCUT2D eigenvalue weighted by Gasteiger charge is -2.15. The number of benzene rings is 1. The number of nitrogen functional groups attached to an aromatic ring is 1. The van der Waals surface area contributed by atoms with E-state index in [-0.39, 0.29) is 5.78 Å². The predicted molar refractivity (Wildman–Crippen MR) is 98.1 cm³/mol. The summed E-state index contributed by atoms with van der Waals surface area (Å²) in [6.45, 7) is 7.63. The highest BCUT2D eigenvalue weighted by molar-refractivity contribution is 7.98. The first-order chi connectivity index (χ1) is 11.9. The van der Waals surface area contributed by atoms with Gasteiger partial charge in [-0.05, 0) is 62.1 Å². The Morgan fingerprint density at radius 1 is 1.28 bits per heavy atom. The highest BCUT2D eigenvalue weighted by atomic mass is 32.2. The molecule has 130 valence electrons. The molecule has 2 N–H and O–H groups in total. The number of nitrogens with two attached hydrogens (primary N) is 1. The van der Waals surface area contributed by atoms with Crippen LogP contribution in [-0.4, -0.2) is 20.7 Å². The smallest absolute Gasteiger partial charge is 0.218 e. The van der Waals surface area contributed by atoms with E-state index >= 15 is 0 Å². The molecule has 0 aliphatic rings. The molecule has 0 radical (unpaired) electrons. The third-order valence-electron chi connectivity index (χ3n) is 4.23. The Bertz CT molecular complexity index is 929. The summed E-state index contributed by atoms with van der Waals surface area (Å²) in [6.07, 6.45) is 1.57. The zero-order chi connectivity index (χ0) is 18.1. The minimum atomic E-state index is 0.0864. The van der Waals surface area contributed by atoms with E-state index in [2.05, 4.69) is 23.2 Å². The fourth-order valence-corrected chi connectivity index (χ4v) is 4.12. The van der Waals surface area contributed by atoms with Crippen LogP contribution in [0, 0.1) is 20.8 Å². The number of carbonyl (C=O) groups is 1. The molecule has 0 aliphatic carbocycles. The molecule has 0 aliphatic heterocycles. The zero-order valence-corrected chi connectivity index (χ0v) is 15.5. The molecule has 3 rings (SSSR count).